The van der Waals surface area contributed by atoms with E-state index >= 15 is 0 Å². The maximum atomic E-state index is 12.0. The Labute approximate surface area is 121 Å². The molecule has 0 aliphatic carbocycles. The molecule has 0 spiro atoms. The Morgan fingerprint density at radius 3 is 2.40 bits per heavy atom. The van der Waals surface area contributed by atoms with Crippen LogP contribution in [0.1, 0.15) is 48.0 Å². The Kier molecular flexibility index (Phi) is 5.20. The molecule has 0 saturated carbocycles. The lowest BCUT2D eigenvalue weighted by Gasteiger charge is -2.35. The highest BCUT2D eigenvalue weighted by Crippen LogP contribution is 2.19. The molecular weight excluding hydrogens is 254 g/mol. The third-order valence-electron chi connectivity index (χ3n) is 3.31. The van der Waals surface area contributed by atoms with Crippen molar-refractivity contribution >= 4 is 11.8 Å². The van der Waals surface area contributed by atoms with Gasteiger partial charge in [0.05, 0.1) is 0 Å². The smallest absolute Gasteiger partial charge is 0.270 e. The van der Waals surface area contributed by atoms with E-state index in [4.69, 9.17) is 0 Å². The minimum Gasteiger partial charge on any atom is -0.369 e. The van der Waals surface area contributed by atoms with Crippen molar-refractivity contribution in [3.8, 4) is 0 Å². The normalized spacial score (nSPS) is 20.9. The minimum atomic E-state index is -0.242. The molecule has 5 heteroatoms. The lowest BCUT2D eigenvalue weighted by Crippen LogP contribution is -2.56. The van der Waals surface area contributed by atoms with Crippen LogP contribution in [0.5, 0.6) is 0 Å². The highest BCUT2D eigenvalue weighted by atomic mass is 16.2. The van der Waals surface area contributed by atoms with Crippen LogP contribution >= 0.6 is 0 Å². The predicted octanol–water partition coefficient (Wildman–Crippen LogP) is 1.72. The van der Waals surface area contributed by atoms with Crippen molar-refractivity contribution in [3.05, 3.63) is 11.9 Å². The minimum absolute atomic E-state index is 0.0906. The molecule has 0 aromatic carbocycles. The van der Waals surface area contributed by atoms with Crippen molar-refractivity contribution in [1.29, 1.82) is 0 Å². The first-order valence-corrected chi connectivity index (χ1v) is 7.19. The average Bonchev–Trinajstić information content (AvgIpc) is 2.29. The molecule has 1 aliphatic heterocycles. The summed E-state index contributed by atoms with van der Waals surface area (Å²) in [6, 6.07) is 0. The van der Waals surface area contributed by atoms with Crippen molar-refractivity contribution in [2.45, 2.75) is 54.1 Å². The topological polar surface area (TPSA) is 70.2 Å². The Bertz CT molecular complexity index is 408. The first-order chi connectivity index (χ1) is 9.11. The molecule has 0 saturated heterocycles. The van der Waals surface area contributed by atoms with E-state index < -0.39 is 0 Å². The third-order valence-corrected chi connectivity index (χ3v) is 3.31. The van der Waals surface area contributed by atoms with Gasteiger partial charge in [-0.3, -0.25) is 9.59 Å². The first-order valence-electron chi connectivity index (χ1n) is 7.19. The van der Waals surface area contributed by atoms with Gasteiger partial charge >= 0.3 is 0 Å². The molecule has 5 nitrogen and oxygen atoms in total. The summed E-state index contributed by atoms with van der Waals surface area (Å²) in [5.41, 5.74) is 0.193. The zero-order chi connectivity index (χ0) is 15.5. The first kappa shape index (κ1) is 16.5. The number of rotatable bonds is 4. The fourth-order valence-electron chi connectivity index (χ4n) is 2.11. The molecule has 1 rings (SSSR count). The second-order valence-corrected chi connectivity index (χ2v) is 7.02. The Balaban J connectivity index is 2.63. The standard InChI is InChI=1S/C15H27N3O2/c1-9(2)7-10(3)12(19)17-11-8-16-14(15(4,5)6)18-13(11)20/h8-10,14,16H,7H2,1-6H3,(H,17,19)(H,18,20)/t10-,14?/m0/s1. The van der Waals surface area contributed by atoms with Gasteiger partial charge in [-0.15, -0.1) is 0 Å². The van der Waals surface area contributed by atoms with Gasteiger partial charge in [0.1, 0.15) is 11.9 Å². The molecule has 3 N–H and O–H groups in total. The van der Waals surface area contributed by atoms with E-state index in [1.165, 1.54) is 0 Å². The fraction of sp³-hybridized carbons (Fsp3) is 0.733. The lowest BCUT2D eigenvalue weighted by molar-refractivity contribution is -0.127. The quantitative estimate of drug-likeness (QED) is 0.735. The van der Waals surface area contributed by atoms with E-state index in [0.717, 1.165) is 6.42 Å². The third kappa shape index (κ3) is 4.54. The van der Waals surface area contributed by atoms with Crippen LogP contribution in [0.4, 0.5) is 0 Å². The molecule has 114 valence electrons. The lowest BCUT2D eigenvalue weighted by atomic mass is 9.91. The second-order valence-electron chi connectivity index (χ2n) is 7.02. The van der Waals surface area contributed by atoms with Gasteiger partial charge < -0.3 is 16.0 Å². The molecular formula is C15H27N3O2. The van der Waals surface area contributed by atoms with Gasteiger partial charge in [-0.25, -0.2) is 0 Å². The fourth-order valence-corrected chi connectivity index (χ4v) is 2.11. The molecule has 0 aromatic rings. The van der Waals surface area contributed by atoms with Crippen LogP contribution in [0, 0.1) is 17.3 Å². The van der Waals surface area contributed by atoms with Crippen LogP contribution in [0.3, 0.4) is 0 Å². The number of amides is 2. The van der Waals surface area contributed by atoms with Crippen molar-refractivity contribution in [3.63, 3.8) is 0 Å². The summed E-state index contributed by atoms with van der Waals surface area (Å²) in [6.07, 6.45) is 2.26. The van der Waals surface area contributed by atoms with E-state index in [1.54, 1.807) is 6.20 Å². The molecule has 2 amide bonds. The van der Waals surface area contributed by atoms with Gasteiger partial charge in [-0.2, -0.15) is 0 Å². The van der Waals surface area contributed by atoms with Gasteiger partial charge in [-0.1, -0.05) is 41.5 Å². The number of carbonyl (C=O) groups is 2. The number of nitrogens with one attached hydrogen (secondary N) is 3. The van der Waals surface area contributed by atoms with Crippen molar-refractivity contribution in [2.75, 3.05) is 0 Å². The van der Waals surface area contributed by atoms with Gasteiger partial charge in [0.2, 0.25) is 5.91 Å². The molecule has 0 fully saturated rings. The van der Waals surface area contributed by atoms with Crippen LogP contribution < -0.4 is 16.0 Å². The summed E-state index contributed by atoms with van der Waals surface area (Å²) in [5, 5.41) is 8.67. The van der Waals surface area contributed by atoms with Crippen LogP contribution in [-0.4, -0.2) is 18.0 Å². The van der Waals surface area contributed by atoms with Gasteiger partial charge in [0.25, 0.3) is 5.91 Å². The van der Waals surface area contributed by atoms with Crippen molar-refractivity contribution in [1.82, 2.24) is 16.0 Å². The molecule has 0 aromatic heterocycles. The summed E-state index contributed by atoms with van der Waals surface area (Å²) in [6.45, 7) is 12.1. The highest BCUT2D eigenvalue weighted by molar-refractivity contribution is 5.98. The second kappa shape index (κ2) is 6.29. The summed E-state index contributed by atoms with van der Waals surface area (Å²) in [4.78, 5) is 24.0. The molecule has 1 unspecified atom stereocenters. The predicted molar refractivity (Wildman–Crippen MR) is 79.4 cm³/mol. The number of carbonyl (C=O) groups excluding carboxylic acids is 2. The number of hydrogen-bond donors (Lipinski definition) is 3. The summed E-state index contributed by atoms with van der Waals surface area (Å²) in [7, 11) is 0. The SMILES string of the molecule is CC(C)C[C@H](C)C(=O)NC1=CNC(C(C)(C)C)NC1=O. The van der Waals surface area contributed by atoms with E-state index in [0.29, 0.717) is 5.92 Å². The summed E-state index contributed by atoms with van der Waals surface area (Å²) in [5.74, 6) is -0.0118. The van der Waals surface area contributed by atoms with E-state index in [1.807, 2.05) is 27.7 Å². The summed E-state index contributed by atoms with van der Waals surface area (Å²) >= 11 is 0. The highest BCUT2D eigenvalue weighted by Gasteiger charge is 2.30. The van der Waals surface area contributed by atoms with E-state index in [2.05, 4.69) is 29.8 Å². The average molecular weight is 281 g/mol. The summed E-state index contributed by atoms with van der Waals surface area (Å²) < 4.78 is 0. The molecule has 1 aliphatic rings. The van der Waals surface area contributed by atoms with Crippen LogP contribution in [0.25, 0.3) is 0 Å². The largest absolute Gasteiger partial charge is 0.369 e. The maximum absolute atomic E-state index is 12.0. The van der Waals surface area contributed by atoms with E-state index in [9.17, 15) is 9.59 Å². The van der Waals surface area contributed by atoms with Crippen LogP contribution in [0.15, 0.2) is 11.9 Å². The molecule has 1 heterocycles. The zero-order valence-corrected chi connectivity index (χ0v) is 13.3. The van der Waals surface area contributed by atoms with Crippen LogP contribution in [0.2, 0.25) is 0 Å². The van der Waals surface area contributed by atoms with Gasteiger partial charge in [0.15, 0.2) is 0 Å². The monoisotopic (exact) mass is 281 g/mol. The van der Waals surface area contributed by atoms with Crippen molar-refractivity contribution in [2.24, 2.45) is 17.3 Å². The molecule has 20 heavy (non-hydrogen) atoms. The van der Waals surface area contributed by atoms with Gasteiger partial charge in [0, 0.05) is 17.5 Å². The Morgan fingerprint density at radius 1 is 1.35 bits per heavy atom. The van der Waals surface area contributed by atoms with Gasteiger partial charge in [-0.05, 0) is 12.3 Å². The zero-order valence-electron chi connectivity index (χ0n) is 13.3. The Morgan fingerprint density at radius 2 is 1.95 bits per heavy atom. The molecule has 0 bridgehead atoms. The Hall–Kier alpha value is -1.52. The number of hydrogen-bond acceptors (Lipinski definition) is 3. The molecule has 2 atom stereocenters. The maximum Gasteiger partial charge on any atom is 0.270 e. The van der Waals surface area contributed by atoms with E-state index in [-0.39, 0.29) is 35.0 Å². The van der Waals surface area contributed by atoms with Crippen LogP contribution in [-0.2, 0) is 9.59 Å². The van der Waals surface area contributed by atoms with Crippen molar-refractivity contribution < 1.29 is 9.59 Å². The molecule has 0 radical (unpaired) electrons.